The quantitative estimate of drug-likeness (QED) is 0.794. The van der Waals surface area contributed by atoms with Crippen LogP contribution in [0.25, 0.3) is 0 Å². The molecular weight excluding hydrogens is 244 g/mol. The predicted molar refractivity (Wildman–Crippen MR) is 70.2 cm³/mol. The van der Waals surface area contributed by atoms with Crippen LogP contribution in [0.3, 0.4) is 0 Å². The van der Waals surface area contributed by atoms with Gasteiger partial charge in [0.2, 0.25) is 11.8 Å². The Hall–Kier alpha value is -1.62. The van der Waals surface area contributed by atoms with Crippen molar-refractivity contribution in [1.29, 1.82) is 0 Å². The van der Waals surface area contributed by atoms with Crippen molar-refractivity contribution in [2.45, 2.75) is 51.7 Å². The molecule has 1 aromatic rings. The molecule has 2 heterocycles. The van der Waals surface area contributed by atoms with E-state index in [0.717, 1.165) is 18.4 Å². The van der Waals surface area contributed by atoms with E-state index in [9.17, 15) is 9.59 Å². The van der Waals surface area contributed by atoms with E-state index in [1.165, 1.54) is 4.90 Å². The fourth-order valence-corrected chi connectivity index (χ4v) is 2.48. The SMILES string of the molecule is CCC(CC)N1C(=O)CC(NCc2ccoc2)C1=O. The number of amides is 2. The molecule has 0 bridgehead atoms. The molecule has 2 rings (SSSR count). The molecule has 104 valence electrons. The number of imide groups is 1. The molecule has 0 aromatic carbocycles. The van der Waals surface area contributed by atoms with Gasteiger partial charge >= 0.3 is 0 Å². The normalized spacial score (nSPS) is 19.7. The van der Waals surface area contributed by atoms with Crippen molar-refractivity contribution in [3.8, 4) is 0 Å². The number of rotatable bonds is 6. The summed E-state index contributed by atoms with van der Waals surface area (Å²) in [5, 5.41) is 3.13. The monoisotopic (exact) mass is 264 g/mol. The largest absolute Gasteiger partial charge is 0.472 e. The molecule has 1 unspecified atom stereocenters. The Morgan fingerprint density at radius 1 is 1.42 bits per heavy atom. The highest BCUT2D eigenvalue weighted by molar-refractivity contribution is 6.05. The minimum Gasteiger partial charge on any atom is -0.472 e. The molecule has 0 aliphatic carbocycles. The smallest absolute Gasteiger partial charge is 0.247 e. The van der Waals surface area contributed by atoms with Crippen molar-refractivity contribution in [3.63, 3.8) is 0 Å². The van der Waals surface area contributed by atoms with Crippen molar-refractivity contribution in [2.75, 3.05) is 0 Å². The van der Waals surface area contributed by atoms with Crippen LogP contribution in [0.15, 0.2) is 23.0 Å². The molecule has 1 N–H and O–H groups in total. The molecule has 1 fully saturated rings. The minimum absolute atomic E-state index is 0.0284. The second kappa shape index (κ2) is 6.02. The second-order valence-corrected chi connectivity index (χ2v) is 4.84. The number of furan rings is 1. The van der Waals surface area contributed by atoms with E-state index in [1.54, 1.807) is 12.5 Å². The van der Waals surface area contributed by atoms with Crippen molar-refractivity contribution < 1.29 is 14.0 Å². The molecule has 1 saturated heterocycles. The van der Waals surface area contributed by atoms with Crippen molar-refractivity contribution in [1.82, 2.24) is 10.2 Å². The van der Waals surface area contributed by atoms with Crippen molar-refractivity contribution in [2.24, 2.45) is 0 Å². The first kappa shape index (κ1) is 13.8. The highest BCUT2D eigenvalue weighted by Crippen LogP contribution is 2.20. The van der Waals surface area contributed by atoms with E-state index >= 15 is 0 Å². The maximum atomic E-state index is 12.3. The molecule has 5 heteroatoms. The zero-order valence-electron chi connectivity index (χ0n) is 11.4. The van der Waals surface area contributed by atoms with Crippen LogP contribution in [0.5, 0.6) is 0 Å². The number of nitrogens with zero attached hydrogens (tertiary/aromatic N) is 1. The summed E-state index contributed by atoms with van der Waals surface area (Å²) in [6.07, 6.45) is 5.10. The van der Waals surface area contributed by atoms with Gasteiger partial charge < -0.3 is 9.73 Å². The van der Waals surface area contributed by atoms with Crippen molar-refractivity contribution >= 4 is 11.8 Å². The van der Waals surface area contributed by atoms with E-state index in [1.807, 2.05) is 19.9 Å². The van der Waals surface area contributed by atoms with E-state index < -0.39 is 6.04 Å². The van der Waals surface area contributed by atoms with E-state index in [0.29, 0.717) is 6.54 Å². The van der Waals surface area contributed by atoms with Crippen LogP contribution >= 0.6 is 0 Å². The van der Waals surface area contributed by atoms with Crippen LogP contribution in [-0.4, -0.2) is 28.8 Å². The van der Waals surface area contributed by atoms with Gasteiger partial charge in [-0.15, -0.1) is 0 Å². The molecule has 1 aromatic heterocycles. The molecule has 0 radical (unpaired) electrons. The Morgan fingerprint density at radius 2 is 2.16 bits per heavy atom. The first-order valence-corrected chi connectivity index (χ1v) is 6.77. The fourth-order valence-electron chi connectivity index (χ4n) is 2.48. The third-order valence-electron chi connectivity index (χ3n) is 3.62. The third-order valence-corrected chi connectivity index (χ3v) is 3.62. The van der Waals surface area contributed by atoms with Crippen LogP contribution in [-0.2, 0) is 16.1 Å². The predicted octanol–water partition coefficient (Wildman–Crippen LogP) is 1.69. The Labute approximate surface area is 113 Å². The Kier molecular flexibility index (Phi) is 4.37. The van der Waals surface area contributed by atoms with Gasteiger partial charge in [-0.25, -0.2) is 0 Å². The number of carbonyl (C=O) groups excluding carboxylic acids is 2. The second-order valence-electron chi connectivity index (χ2n) is 4.84. The van der Waals surface area contributed by atoms with Crippen LogP contribution in [0.1, 0.15) is 38.7 Å². The average Bonchev–Trinajstić information content (AvgIpc) is 3.00. The van der Waals surface area contributed by atoms with Crippen LogP contribution < -0.4 is 5.32 Å². The Balaban J connectivity index is 1.97. The molecule has 1 atom stereocenters. The molecule has 2 amide bonds. The van der Waals surface area contributed by atoms with Gasteiger partial charge in [0, 0.05) is 18.2 Å². The summed E-state index contributed by atoms with van der Waals surface area (Å²) in [4.78, 5) is 25.7. The van der Waals surface area contributed by atoms with Gasteiger partial charge in [-0.3, -0.25) is 14.5 Å². The molecule has 0 saturated carbocycles. The maximum absolute atomic E-state index is 12.3. The van der Waals surface area contributed by atoms with Gasteiger partial charge in [-0.1, -0.05) is 13.8 Å². The zero-order chi connectivity index (χ0) is 13.8. The fraction of sp³-hybridized carbons (Fsp3) is 0.571. The summed E-state index contributed by atoms with van der Waals surface area (Å²) in [5.41, 5.74) is 0.973. The lowest BCUT2D eigenvalue weighted by Crippen LogP contribution is -2.43. The topological polar surface area (TPSA) is 62.6 Å². The lowest BCUT2D eigenvalue weighted by Gasteiger charge is -2.24. The van der Waals surface area contributed by atoms with E-state index in [4.69, 9.17) is 4.42 Å². The lowest BCUT2D eigenvalue weighted by atomic mass is 10.1. The van der Waals surface area contributed by atoms with Gasteiger partial charge in [0.1, 0.15) is 0 Å². The van der Waals surface area contributed by atoms with Crippen LogP contribution in [0.2, 0.25) is 0 Å². The first-order valence-electron chi connectivity index (χ1n) is 6.77. The van der Waals surface area contributed by atoms with Gasteiger partial charge in [-0.2, -0.15) is 0 Å². The average molecular weight is 264 g/mol. The van der Waals surface area contributed by atoms with E-state index in [2.05, 4.69) is 5.32 Å². The number of nitrogens with one attached hydrogen (secondary N) is 1. The first-order chi connectivity index (χ1) is 9.17. The minimum atomic E-state index is -0.400. The van der Waals surface area contributed by atoms with E-state index in [-0.39, 0.29) is 24.3 Å². The van der Waals surface area contributed by atoms with Crippen LogP contribution in [0.4, 0.5) is 0 Å². The Morgan fingerprint density at radius 3 is 2.74 bits per heavy atom. The summed E-state index contributed by atoms with van der Waals surface area (Å²) in [6.45, 7) is 4.54. The van der Waals surface area contributed by atoms with Gasteiger partial charge in [0.15, 0.2) is 0 Å². The number of hydrogen-bond donors (Lipinski definition) is 1. The van der Waals surface area contributed by atoms with Crippen LogP contribution in [0, 0.1) is 0 Å². The molecule has 0 spiro atoms. The van der Waals surface area contributed by atoms with Gasteiger partial charge in [0.05, 0.1) is 25.0 Å². The molecule has 1 aliphatic rings. The molecule has 5 nitrogen and oxygen atoms in total. The number of likely N-dealkylation sites (tertiary alicyclic amines) is 1. The van der Waals surface area contributed by atoms with Gasteiger partial charge in [0.25, 0.3) is 0 Å². The molecular formula is C14H20N2O3. The summed E-state index contributed by atoms with van der Waals surface area (Å²) in [7, 11) is 0. The highest BCUT2D eigenvalue weighted by Gasteiger charge is 2.40. The summed E-state index contributed by atoms with van der Waals surface area (Å²) in [5.74, 6) is -0.161. The summed E-state index contributed by atoms with van der Waals surface area (Å²) in [6, 6.07) is 1.47. The third kappa shape index (κ3) is 2.87. The highest BCUT2D eigenvalue weighted by atomic mass is 16.3. The maximum Gasteiger partial charge on any atom is 0.247 e. The van der Waals surface area contributed by atoms with Crippen molar-refractivity contribution in [3.05, 3.63) is 24.2 Å². The molecule has 1 aliphatic heterocycles. The summed E-state index contributed by atoms with van der Waals surface area (Å²) < 4.78 is 4.97. The standard InChI is InChI=1S/C14H20N2O3/c1-3-11(4-2)16-13(17)7-12(14(16)18)15-8-10-5-6-19-9-10/h5-6,9,11-12,15H,3-4,7-8H2,1-2H3. The lowest BCUT2D eigenvalue weighted by molar-refractivity contribution is -0.141. The summed E-state index contributed by atoms with van der Waals surface area (Å²) >= 11 is 0. The number of hydrogen-bond acceptors (Lipinski definition) is 4. The molecule has 19 heavy (non-hydrogen) atoms. The number of carbonyl (C=O) groups is 2. The zero-order valence-corrected chi connectivity index (χ0v) is 11.4. The Bertz CT molecular complexity index is 438. The van der Waals surface area contributed by atoms with Gasteiger partial charge in [-0.05, 0) is 18.9 Å².